The Bertz CT molecular complexity index is 1480. The SMILES string of the molecule is CC/C(=C\C(=C/N)CN1CCCCC1)c1ccc2[nH]nc(C(=O)Nc3ccc(OC4=CCCC=C4F)nc3)c2c1. The van der Waals surface area contributed by atoms with Crippen LogP contribution >= 0.6 is 0 Å². The summed E-state index contributed by atoms with van der Waals surface area (Å²) in [4.78, 5) is 19.8. The molecule has 3 aromatic rings. The Labute approximate surface area is 233 Å². The molecule has 5 rings (SSSR count). The van der Waals surface area contributed by atoms with Crippen molar-refractivity contribution in [1.29, 1.82) is 0 Å². The summed E-state index contributed by atoms with van der Waals surface area (Å²) in [6.07, 6.45) is 14.5. The second-order valence-electron chi connectivity index (χ2n) is 10.1. The van der Waals surface area contributed by atoms with Gasteiger partial charge in [-0.15, -0.1) is 0 Å². The highest BCUT2D eigenvalue weighted by Gasteiger charge is 2.17. The minimum Gasteiger partial charge on any atom is -0.436 e. The highest BCUT2D eigenvalue weighted by Crippen LogP contribution is 2.27. The maximum Gasteiger partial charge on any atom is 0.276 e. The molecule has 0 saturated carbocycles. The van der Waals surface area contributed by atoms with Gasteiger partial charge in [0.25, 0.3) is 5.91 Å². The molecular formula is C31H35FN6O2. The van der Waals surface area contributed by atoms with E-state index in [1.807, 2.05) is 18.2 Å². The summed E-state index contributed by atoms with van der Waals surface area (Å²) < 4.78 is 19.4. The number of hydrogen-bond donors (Lipinski definition) is 3. The highest BCUT2D eigenvalue weighted by atomic mass is 19.1. The number of hydrogen-bond acceptors (Lipinski definition) is 6. The van der Waals surface area contributed by atoms with Gasteiger partial charge < -0.3 is 15.8 Å². The first-order valence-electron chi connectivity index (χ1n) is 13.9. The molecular weight excluding hydrogens is 507 g/mol. The molecule has 1 aliphatic heterocycles. The Morgan fingerprint density at radius 1 is 1.18 bits per heavy atom. The van der Waals surface area contributed by atoms with Crippen molar-refractivity contribution in [2.24, 2.45) is 5.73 Å². The summed E-state index contributed by atoms with van der Waals surface area (Å²) in [5, 5.41) is 10.8. The van der Waals surface area contributed by atoms with Gasteiger partial charge >= 0.3 is 0 Å². The number of nitrogens with zero attached hydrogens (tertiary/aromatic N) is 3. The van der Waals surface area contributed by atoms with Gasteiger partial charge in [0, 0.05) is 18.0 Å². The maximum atomic E-state index is 13.9. The number of fused-ring (bicyclic) bond motifs is 1. The third-order valence-corrected chi connectivity index (χ3v) is 7.22. The third kappa shape index (κ3) is 6.48. The number of piperidine rings is 1. The van der Waals surface area contributed by atoms with E-state index in [-0.39, 0.29) is 23.2 Å². The van der Waals surface area contributed by atoms with Gasteiger partial charge in [-0.25, -0.2) is 9.37 Å². The number of allylic oxidation sites excluding steroid dienone is 4. The van der Waals surface area contributed by atoms with E-state index in [0.29, 0.717) is 12.1 Å². The minimum absolute atomic E-state index is 0.162. The first kappa shape index (κ1) is 27.3. The molecule has 0 bridgehead atoms. The number of carbonyl (C=O) groups excluding carboxylic acids is 1. The van der Waals surface area contributed by atoms with Gasteiger partial charge in [0.2, 0.25) is 5.88 Å². The Kier molecular flexibility index (Phi) is 8.71. The average Bonchev–Trinajstić information content (AvgIpc) is 3.41. The number of nitrogens with one attached hydrogen (secondary N) is 2. The smallest absolute Gasteiger partial charge is 0.276 e. The fourth-order valence-electron chi connectivity index (χ4n) is 5.05. The summed E-state index contributed by atoms with van der Waals surface area (Å²) in [6, 6.07) is 9.22. The van der Waals surface area contributed by atoms with Gasteiger partial charge in [-0.05, 0) is 98.5 Å². The molecule has 208 valence electrons. The molecule has 2 aromatic heterocycles. The monoisotopic (exact) mass is 542 g/mol. The van der Waals surface area contributed by atoms with Crippen molar-refractivity contribution < 1.29 is 13.9 Å². The first-order chi connectivity index (χ1) is 19.5. The van der Waals surface area contributed by atoms with Crippen LogP contribution in [0.3, 0.4) is 0 Å². The number of nitrogens with two attached hydrogens (primary N) is 1. The zero-order valence-corrected chi connectivity index (χ0v) is 22.8. The van der Waals surface area contributed by atoms with Gasteiger partial charge in [0.05, 0.1) is 17.4 Å². The molecule has 9 heteroatoms. The molecule has 0 atom stereocenters. The normalized spacial score (nSPS) is 16.9. The number of rotatable bonds is 9. The van der Waals surface area contributed by atoms with Crippen LogP contribution in [0.5, 0.6) is 5.88 Å². The third-order valence-electron chi connectivity index (χ3n) is 7.22. The summed E-state index contributed by atoms with van der Waals surface area (Å²) in [5.41, 5.74) is 10.8. The molecule has 3 heterocycles. The van der Waals surface area contributed by atoms with Crippen LogP contribution < -0.4 is 15.8 Å². The first-order valence-corrected chi connectivity index (χ1v) is 13.9. The summed E-state index contributed by atoms with van der Waals surface area (Å²) in [5.74, 6) is -0.351. The highest BCUT2D eigenvalue weighted by molar-refractivity contribution is 6.11. The van der Waals surface area contributed by atoms with Crippen LogP contribution in [0.2, 0.25) is 0 Å². The predicted octanol–water partition coefficient (Wildman–Crippen LogP) is 6.24. The number of ether oxygens (including phenoxy) is 1. The lowest BCUT2D eigenvalue weighted by Crippen LogP contribution is -2.31. The van der Waals surface area contributed by atoms with E-state index in [9.17, 15) is 9.18 Å². The van der Waals surface area contributed by atoms with Crippen molar-refractivity contribution in [1.82, 2.24) is 20.1 Å². The minimum atomic E-state index is -0.395. The largest absolute Gasteiger partial charge is 0.436 e. The standard InChI is InChI=1S/C31H35FN6O2/c1-2-22(16-21(18-33)20-38-14-6-3-7-15-38)23-10-12-27-25(17-23)30(37-36-27)31(39)35-24-11-13-29(34-19-24)40-28-9-5-4-8-26(28)32/h8-13,16-19H,2-7,14-15,20,33H2,1H3,(H,35,39)(H,36,37)/b21-18+,22-16+. The van der Waals surface area contributed by atoms with E-state index in [4.69, 9.17) is 10.5 Å². The number of aromatic amines is 1. The fourth-order valence-corrected chi connectivity index (χ4v) is 5.05. The van der Waals surface area contributed by atoms with Crippen molar-refractivity contribution in [2.75, 3.05) is 25.0 Å². The molecule has 1 amide bonds. The Morgan fingerprint density at radius 2 is 2.00 bits per heavy atom. The maximum absolute atomic E-state index is 13.9. The van der Waals surface area contributed by atoms with Crippen LogP contribution in [-0.4, -0.2) is 45.6 Å². The lowest BCUT2D eigenvalue weighted by atomic mass is 9.98. The van der Waals surface area contributed by atoms with Gasteiger partial charge in [-0.2, -0.15) is 5.10 Å². The number of H-pyrrole nitrogens is 1. The van der Waals surface area contributed by atoms with Gasteiger partial charge in [0.1, 0.15) is 0 Å². The second-order valence-corrected chi connectivity index (χ2v) is 10.1. The van der Waals surface area contributed by atoms with Crippen molar-refractivity contribution in [2.45, 2.75) is 45.4 Å². The Balaban J connectivity index is 1.30. The number of halogens is 1. The summed E-state index contributed by atoms with van der Waals surface area (Å²) in [6.45, 7) is 5.16. The lowest BCUT2D eigenvalue weighted by Gasteiger charge is -2.26. The number of likely N-dealkylation sites (tertiary alicyclic amines) is 1. The number of benzene rings is 1. The topological polar surface area (TPSA) is 109 Å². The van der Waals surface area contributed by atoms with Gasteiger partial charge in [0.15, 0.2) is 17.3 Å². The Morgan fingerprint density at radius 3 is 2.73 bits per heavy atom. The summed E-state index contributed by atoms with van der Waals surface area (Å²) in [7, 11) is 0. The molecule has 1 aliphatic carbocycles. The van der Waals surface area contributed by atoms with Crippen molar-refractivity contribution in [3.63, 3.8) is 0 Å². The molecule has 1 fully saturated rings. The van der Waals surface area contributed by atoms with Crippen molar-refractivity contribution >= 4 is 28.1 Å². The number of anilines is 1. The molecule has 4 N–H and O–H groups in total. The van der Waals surface area contributed by atoms with Crippen LogP contribution in [-0.2, 0) is 0 Å². The molecule has 1 saturated heterocycles. The zero-order valence-electron chi connectivity index (χ0n) is 22.8. The van der Waals surface area contributed by atoms with E-state index in [1.165, 1.54) is 31.5 Å². The number of carbonyl (C=O) groups is 1. The van der Waals surface area contributed by atoms with Gasteiger partial charge in [-0.3, -0.25) is 14.8 Å². The lowest BCUT2D eigenvalue weighted by molar-refractivity contribution is 0.102. The predicted molar refractivity (Wildman–Crippen MR) is 156 cm³/mol. The van der Waals surface area contributed by atoms with Gasteiger partial charge in [-0.1, -0.05) is 25.5 Å². The molecule has 8 nitrogen and oxygen atoms in total. The quantitative estimate of drug-likeness (QED) is 0.276. The Hall–Kier alpha value is -4.24. The number of pyridine rings is 1. The van der Waals surface area contributed by atoms with Crippen molar-refractivity contribution in [3.05, 3.63) is 89.4 Å². The van der Waals surface area contributed by atoms with Crippen LogP contribution in [0.25, 0.3) is 16.5 Å². The summed E-state index contributed by atoms with van der Waals surface area (Å²) >= 11 is 0. The van der Waals surface area contributed by atoms with Crippen molar-refractivity contribution in [3.8, 4) is 5.88 Å². The second kappa shape index (κ2) is 12.7. The number of amides is 1. The molecule has 2 aliphatic rings. The van der Waals surface area contributed by atoms with E-state index in [2.05, 4.69) is 38.4 Å². The zero-order chi connectivity index (χ0) is 27.9. The van der Waals surface area contributed by atoms with Crippen LogP contribution in [0.15, 0.2) is 78.1 Å². The van der Waals surface area contributed by atoms with E-state index >= 15 is 0 Å². The molecule has 0 unspecified atom stereocenters. The van der Waals surface area contributed by atoms with Crippen LogP contribution in [0, 0.1) is 0 Å². The molecule has 40 heavy (non-hydrogen) atoms. The van der Waals surface area contributed by atoms with Crippen LogP contribution in [0.4, 0.5) is 10.1 Å². The van der Waals surface area contributed by atoms with E-state index in [0.717, 1.165) is 60.1 Å². The number of aromatic nitrogens is 3. The van der Waals surface area contributed by atoms with E-state index in [1.54, 1.807) is 24.4 Å². The molecule has 0 spiro atoms. The fraction of sp³-hybridized carbons (Fsp3) is 0.323. The average molecular weight is 543 g/mol. The van der Waals surface area contributed by atoms with E-state index < -0.39 is 5.83 Å². The van der Waals surface area contributed by atoms with Crippen LogP contribution in [0.1, 0.15) is 61.5 Å². The molecule has 1 aromatic carbocycles. The molecule has 0 radical (unpaired) electrons.